The molecule has 0 aliphatic heterocycles. The maximum Gasteiger partial charge on any atom is 0.422 e. The van der Waals surface area contributed by atoms with Gasteiger partial charge in [0.1, 0.15) is 17.0 Å². The molecule has 0 atom stereocenters. The lowest BCUT2D eigenvalue weighted by molar-refractivity contribution is 0.0514. The van der Waals surface area contributed by atoms with Crippen LogP contribution in [-0.2, 0) is 14.8 Å². The topological polar surface area (TPSA) is 84.5 Å². The second-order valence-corrected chi connectivity index (χ2v) is 7.13. The van der Waals surface area contributed by atoms with E-state index in [0.29, 0.717) is 0 Å². The van der Waals surface area contributed by atoms with Crippen LogP contribution in [0, 0.1) is 0 Å². The Hall–Kier alpha value is -0.890. The number of ether oxygens (including phenoxy) is 1. The average Bonchev–Trinajstić information content (AvgIpc) is 2.93. The van der Waals surface area contributed by atoms with Gasteiger partial charge in [-0.05, 0) is 33.6 Å². The van der Waals surface area contributed by atoms with Gasteiger partial charge in [-0.3, -0.25) is 0 Å². The number of hydrogen-bond acceptors (Lipinski definition) is 4. The van der Waals surface area contributed by atoms with Crippen molar-refractivity contribution in [1.29, 1.82) is 0 Å². The highest BCUT2D eigenvalue weighted by atomic mass is 32.2. The van der Waals surface area contributed by atoms with Crippen molar-refractivity contribution < 1.29 is 22.3 Å². The maximum atomic E-state index is 12.6. The van der Waals surface area contributed by atoms with E-state index in [0.717, 1.165) is 0 Å². The van der Waals surface area contributed by atoms with Crippen molar-refractivity contribution in [2.75, 3.05) is 6.67 Å². The van der Waals surface area contributed by atoms with Gasteiger partial charge in [-0.15, -0.1) is 4.83 Å². The second kappa shape index (κ2) is 4.41. The van der Waals surface area contributed by atoms with Gasteiger partial charge in [-0.1, -0.05) is 0 Å². The third kappa shape index (κ3) is 3.53. The lowest BCUT2D eigenvalue weighted by atomic mass is 10.2. The number of nitrogens with one attached hydrogen (secondary N) is 2. The van der Waals surface area contributed by atoms with Crippen molar-refractivity contribution in [1.82, 2.24) is 10.3 Å². The van der Waals surface area contributed by atoms with E-state index >= 15 is 0 Å². The summed E-state index contributed by atoms with van der Waals surface area (Å²) in [5.41, 5.74) is 1.16. The number of hydrazine groups is 1. The zero-order chi connectivity index (χ0) is 13.3. The van der Waals surface area contributed by atoms with Crippen LogP contribution in [0.2, 0.25) is 0 Å². The number of sulfonamides is 1. The third-order valence-corrected chi connectivity index (χ3v) is 4.34. The summed E-state index contributed by atoms with van der Waals surface area (Å²) in [5, 5.41) is 0. The molecule has 0 saturated heterocycles. The standard InChI is InChI=1S/C9H17FN2O4S/c1-8(2,3)16-7(13)11-12-17(14,15)9(6-10)4-5-9/h12H,4-6H2,1-3H3,(H,11,13). The van der Waals surface area contributed by atoms with E-state index in [1.54, 1.807) is 20.8 Å². The van der Waals surface area contributed by atoms with Crippen LogP contribution in [0.25, 0.3) is 0 Å². The number of amides is 1. The first-order valence-corrected chi connectivity index (χ1v) is 6.67. The molecule has 8 heteroatoms. The second-order valence-electron chi connectivity index (χ2n) is 5.05. The summed E-state index contributed by atoms with van der Waals surface area (Å²) in [5.74, 6) is 0. The van der Waals surface area contributed by atoms with E-state index in [1.807, 2.05) is 10.3 Å². The first-order chi connectivity index (χ1) is 7.62. The zero-order valence-electron chi connectivity index (χ0n) is 10.0. The molecule has 0 spiro atoms. The minimum atomic E-state index is -3.89. The molecule has 1 rings (SSSR count). The molecular formula is C9H17FN2O4S. The molecule has 100 valence electrons. The quantitative estimate of drug-likeness (QED) is 0.740. The zero-order valence-corrected chi connectivity index (χ0v) is 10.9. The molecule has 1 aliphatic rings. The first-order valence-electron chi connectivity index (χ1n) is 5.18. The van der Waals surface area contributed by atoms with Gasteiger partial charge in [0.25, 0.3) is 0 Å². The Morgan fingerprint density at radius 3 is 2.29 bits per heavy atom. The Kier molecular flexibility index (Phi) is 3.68. The van der Waals surface area contributed by atoms with Crippen LogP contribution in [0.5, 0.6) is 0 Å². The summed E-state index contributed by atoms with van der Waals surface area (Å²) in [6.45, 7) is 3.97. The third-order valence-electron chi connectivity index (χ3n) is 2.31. The molecule has 1 fully saturated rings. The van der Waals surface area contributed by atoms with Crippen LogP contribution in [0.1, 0.15) is 33.6 Å². The first kappa shape index (κ1) is 14.2. The molecule has 6 nitrogen and oxygen atoms in total. The lowest BCUT2D eigenvalue weighted by Gasteiger charge is -2.20. The summed E-state index contributed by atoms with van der Waals surface area (Å²) in [7, 11) is -3.89. The van der Waals surface area contributed by atoms with Crippen molar-refractivity contribution in [2.24, 2.45) is 0 Å². The highest BCUT2D eigenvalue weighted by Gasteiger charge is 2.55. The fourth-order valence-electron chi connectivity index (χ4n) is 1.13. The summed E-state index contributed by atoms with van der Waals surface area (Å²) in [6, 6.07) is 0. The van der Waals surface area contributed by atoms with Gasteiger partial charge in [0.05, 0.1) is 0 Å². The Balaban J connectivity index is 2.49. The fraction of sp³-hybridized carbons (Fsp3) is 0.889. The molecule has 0 bridgehead atoms. The highest BCUT2D eigenvalue weighted by Crippen LogP contribution is 2.42. The van der Waals surface area contributed by atoms with Crippen molar-refractivity contribution in [3.63, 3.8) is 0 Å². The smallest absolute Gasteiger partial charge is 0.422 e. The molecule has 0 aromatic rings. The van der Waals surface area contributed by atoms with Crippen LogP contribution >= 0.6 is 0 Å². The van der Waals surface area contributed by atoms with Crippen molar-refractivity contribution in [3.8, 4) is 0 Å². The summed E-state index contributed by atoms with van der Waals surface area (Å²) in [6.07, 6.45) is -0.403. The SMILES string of the molecule is CC(C)(C)OC(=O)NNS(=O)(=O)C1(CF)CC1. The molecule has 1 amide bonds. The van der Waals surface area contributed by atoms with E-state index in [4.69, 9.17) is 4.74 Å². The van der Waals surface area contributed by atoms with Crippen molar-refractivity contribution in [3.05, 3.63) is 0 Å². The van der Waals surface area contributed by atoms with E-state index in [1.165, 1.54) is 0 Å². The van der Waals surface area contributed by atoms with E-state index in [-0.39, 0.29) is 12.8 Å². The molecule has 2 N–H and O–H groups in total. The van der Waals surface area contributed by atoms with Crippen molar-refractivity contribution >= 4 is 16.1 Å². The molecule has 17 heavy (non-hydrogen) atoms. The molecule has 0 heterocycles. The van der Waals surface area contributed by atoms with E-state index in [2.05, 4.69) is 0 Å². The highest BCUT2D eigenvalue weighted by molar-refractivity contribution is 7.91. The summed E-state index contributed by atoms with van der Waals surface area (Å²) in [4.78, 5) is 13.0. The largest absolute Gasteiger partial charge is 0.443 e. The molecule has 1 aliphatic carbocycles. The van der Waals surface area contributed by atoms with Crippen LogP contribution in [0.3, 0.4) is 0 Å². The van der Waals surface area contributed by atoms with Gasteiger partial charge in [0.2, 0.25) is 10.0 Å². The van der Waals surface area contributed by atoms with Crippen LogP contribution in [-0.4, -0.2) is 31.5 Å². The molecule has 0 aromatic heterocycles. The van der Waals surface area contributed by atoms with Gasteiger partial charge < -0.3 is 4.74 Å². The number of carbonyl (C=O) groups excluding carboxylic acids is 1. The Morgan fingerprint density at radius 2 is 1.94 bits per heavy atom. The number of rotatable bonds is 4. The van der Waals surface area contributed by atoms with Gasteiger partial charge in [0.15, 0.2) is 0 Å². The number of hydrogen-bond donors (Lipinski definition) is 2. The predicted octanol–water partition coefficient (Wildman–Crippen LogP) is 0.848. The Morgan fingerprint density at radius 1 is 1.41 bits per heavy atom. The lowest BCUT2D eigenvalue weighted by Crippen LogP contribution is -2.49. The minimum Gasteiger partial charge on any atom is -0.443 e. The maximum absolute atomic E-state index is 12.6. The van der Waals surface area contributed by atoms with E-state index in [9.17, 15) is 17.6 Å². The molecule has 1 saturated carbocycles. The minimum absolute atomic E-state index is 0.259. The summed E-state index contributed by atoms with van der Waals surface area (Å²) >= 11 is 0. The number of alkyl halides is 1. The van der Waals surface area contributed by atoms with Crippen LogP contribution < -0.4 is 10.3 Å². The monoisotopic (exact) mass is 268 g/mol. The summed E-state index contributed by atoms with van der Waals surface area (Å²) < 4.78 is 39.2. The normalized spacial score (nSPS) is 18.6. The Bertz CT molecular complexity index is 398. The number of halogens is 1. The predicted molar refractivity (Wildman–Crippen MR) is 59.4 cm³/mol. The number of carbonyl (C=O) groups is 1. The van der Waals surface area contributed by atoms with Crippen LogP contribution in [0.15, 0.2) is 0 Å². The Labute approximate surface area is 99.9 Å². The molecule has 0 radical (unpaired) electrons. The van der Waals surface area contributed by atoms with Gasteiger partial charge >= 0.3 is 6.09 Å². The average molecular weight is 268 g/mol. The fourth-order valence-corrected chi connectivity index (χ4v) is 2.35. The van der Waals surface area contributed by atoms with Crippen LogP contribution in [0.4, 0.5) is 9.18 Å². The molecule has 0 unspecified atom stereocenters. The van der Waals surface area contributed by atoms with Crippen molar-refractivity contribution in [2.45, 2.75) is 44.0 Å². The van der Waals surface area contributed by atoms with Gasteiger partial charge in [-0.2, -0.15) is 0 Å². The molecule has 0 aromatic carbocycles. The van der Waals surface area contributed by atoms with Gasteiger partial charge in [-0.25, -0.2) is 23.0 Å². The van der Waals surface area contributed by atoms with E-state index < -0.39 is 33.1 Å². The van der Waals surface area contributed by atoms with Gasteiger partial charge in [0, 0.05) is 0 Å². The molecular weight excluding hydrogens is 251 g/mol.